The van der Waals surface area contributed by atoms with Gasteiger partial charge in [-0.1, -0.05) is 22.9 Å². The van der Waals surface area contributed by atoms with Gasteiger partial charge in [-0.05, 0) is 56.9 Å². The Morgan fingerprint density at radius 2 is 1.90 bits per heavy atom. The second-order valence-corrected chi connectivity index (χ2v) is 8.62. The highest BCUT2D eigenvalue weighted by Gasteiger charge is 2.16. The molecular weight excluding hydrogens is 459 g/mol. The molecule has 0 saturated heterocycles. The number of pyridine rings is 1. The van der Waals surface area contributed by atoms with Gasteiger partial charge in [0.1, 0.15) is 12.1 Å². The number of anilines is 3. The van der Waals surface area contributed by atoms with E-state index in [0.29, 0.717) is 22.4 Å². The molecule has 0 amide bonds. The van der Waals surface area contributed by atoms with Crippen LogP contribution < -0.4 is 10.6 Å². The molecule has 160 valence electrons. The predicted molar refractivity (Wildman–Crippen MR) is 128 cm³/mol. The molecule has 0 unspecified atom stereocenters. The number of halogens is 2. The van der Waals surface area contributed by atoms with Crippen molar-refractivity contribution in [3.8, 4) is 0 Å². The summed E-state index contributed by atoms with van der Waals surface area (Å²) in [6.07, 6.45) is 4.09. The summed E-state index contributed by atoms with van der Waals surface area (Å²) in [5.74, 6) is 0.185. The molecule has 0 bridgehead atoms. The molecular formula is C23H24BrFN6. The number of benzene rings is 2. The van der Waals surface area contributed by atoms with Gasteiger partial charge in [-0.25, -0.2) is 14.4 Å². The molecule has 0 saturated carbocycles. The number of rotatable bonds is 7. The molecule has 2 heterocycles. The van der Waals surface area contributed by atoms with E-state index in [0.717, 1.165) is 34.0 Å². The van der Waals surface area contributed by atoms with Crippen LogP contribution in [0.1, 0.15) is 13.3 Å². The normalized spacial score (nSPS) is 12.5. The Labute approximate surface area is 189 Å². The Morgan fingerprint density at radius 1 is 1.06 bits per heavy atom. The highest BCUT2D eigenvalue weighted by atomic mass is 79.9. The van der Waals surface area contributed by atoms with Gasteiger partial charge in [-0.3, -0.25) is 4.98 Å². The van der Waals surface area contributed by atoms with Crippen LogP contribution in [0.25, 0.3) is 21.8 Å². The van der Waals surface area contributed by atoms with Crippen molar-refractivity contribution >= 4 is 54.9 Å². The number of aromatic nitrogens is 3. The average Bonchev–Trinajstić information content (AvgIpc) is 2.74. The van der Waals surface area contributed by atoms with Crippen LogP contribution >= 0.6 is 15.9 Å². The first-order chi connectivity index (χ1) is 15.0. The minimum Gasteiger partial charge on any atom is -0.380 e. The number of hydrogen-bond donors (Lipinski definition) is 2. The van der Waals surface area contributed by atoms with Crippen LogP contribution in [0.4, 0.5) is 21.6 Å². The fourth-order valence-electron chi connectivity index (χ4n) is 3.64. The van der Waals surface area contributed by atoms with Crippen LogP contribution in [0, 0.1) is 5.82 Å². The highest BCUT2D eigenvalue weighted by molar-refractivity contribution is 9.10. The Hall–Kier alpha value is -2.84. The SMILES string of the molecule is CC[C@H](CN(C)C)Nc1cc(Br)cc2ncnc(Nc3ccc4ncccc4c3F)c12. The maximum absolute atomic E-state index is 15.2. The van der Waals surface area contributed by atoms with Crippen molar-refractivity contribution in [2.45, 2.75) is 19.4 Å². The fraction of sp³-hybridized carbons (Fsp3) is 0.261. The molecule has 1 atom stereocenters. The molecule has 0 aliphatic rings. The van der Waals surface area contributed by atoms with Gasteiger partial charge in [0.05, 0.1) is 22.1 Å². The molecule has 6 nitrogen and oxygen atoms in total. The summed E-state index contributed by atoms with van der Waals surface area (Å²) in [6, 6.07) is 11.1. The molecule has 0 aliphatic carbocycles. The Morgan fingerprint density at radius 3 is 2.68 bits per heavy atom. The third kappa shape index (κ3) is 4.60. The van der Waals surface area contributed by atoms with Crippen LogP contribution in [0.3, 0.4) is 0 Å². The van der Waals surface area contributed by atoms with Crippen molar-refractivity contribution in [2.24, 2.45) is 0 Å². The van der Waals surface area contributed by atoms with E-state index in [-0.39, 0.29) is 11.9 Å². The lowest BCUT2D eigenvalue weighted by molar-refractivity contribution is 0.379. The monoisotopic (exact) mass is 482 g/mol. The van der Waals surface area contributed by atoms with Gasteiger partial charge in [0, 0.05) is 34.3 Å². The third-order valence-corrected chi connectivity index (χ3v) is 5.57. The van der Waals surface area contributed by atoms with E-state index in [1.54, 1.807) is 30.5 Å². The second-order valence-electron chi connectivity index (χ2n) is 7.70. The molecule has 8 heteroatoms. The second kappa shape index (κ2) is 9.11. The quantitative estimate of drug-likeness (QED) is 0.358. The summed E-state index contributed by atoms with van der Waals surface area (Å²) < 4.78 is 16.1. The lowest BCUT2D eigenvalue weighted by atomic mass is 10.1. The first-order valence-electron chi connectivity index (χ1n) is 10.1. The maximum Gasteiger partial charge on any atom is 0.156 e. The minimum absolute atomic E-state index is 0.240. The zero-order valence-corrected chi connectivity index (χ0v) is 19.2. The van der Waals surface area contributed by atoms with E-state index in [4.69, 9.17) is 0 Å². The van der Waals surface area contributed by atoms with Crippen LogP contribution in [-0.2, 0) is 0 Å². The van der Waals surface area contributed by atoms with Crippen molar-refractivity contribution in [1.82, 2.24) is 19.9 Å². The summed E-state index contributed by atoms with van der Waals surface area (Å²) in [6.45, 7) is 3.03. The van der Waals surface area contributed by atoms with Gasteiger partial charge < -0.3 is 15.5 Å². The van der Waals surface area contributed by atoms with Gasteiger partial charge in [-0.15, -0.1) is 0 Å². The predicted octanol–water partition coefficient (Wildman–Crippen LogP) is 5.58. The molecule has 4 rings (SSSR count). The van der Waals surface area contributed by atoms with Gasteiger partial charge in [-0.2, -0.15) is 0 Å². The van der Waals surface area contributed by atoms with Gasteiger partial charge in [0.15, 0.2) is 5.82 Å². The van der Waals surface area contributed by atoms with Crippen LogP contribution in [0.2, 0.25) is 0 Å². The van der Waals surface area contributed by atoms with Gasteiger partial charge >= 0.3 is 0 Å². The summed E-state index contributed by atoms with van der Waals surface area (Å²) in [5.41, 5.74) is 2.61. The molecule has 31 heavy (non-hydrogen) atoms. The average molecular weight is 483 g/mol. The molecule has 0 radical (unpaired) electrons. The first kappa shape index (κ1) is 21.4. The van der Waals surface area contributed by atoms with Crippen molar-refractivity contribution in [3.05, 3.63) is 59.2 Å². The summed E-state index contributed by atoms with van der Waals surface area (Å²) >= 11 is 3.58. The van der Waals surface area contributed by atoms with Crippen molar-refractivity contribution < 1.29 is 4.39 Å². The van der Waals surface area contributed by atoms with Crippen molar-refractivity contribution in [3.63, 3.8) is 0 Å². The third-order valence-electron chi connectivity index (χ3n) is 5.11. The topological polar surface area (TPSA) is 66.0 Å². The number of likely N-dealkylation sites (N-methyl/N-ethyl adjacent to an activating group) is 1. The largest absolute Gasteiger partial charge is 0.380 e. The summed E-state index contributed by atoms with van der Waals surface area (Å²) in [4.78, 5) is 15.2. The summed E-state index contributed by atoms with van der Waals surface area (Å²) in [7, 11) is 4.10. The van der Waals surface area contributed by atoms with Crippen LogP contribution in [-0.4, -0.2) is 46.5 Å². The van der Waals surface area contributed by atoms with E-state index in [1.165, 1.54) is 6.33 Å². The van der Waals surface area contributed by atoms with E-state index in [2.05, 4.69) is 67.4 Å². The number of fused-ring (bicyclic) bond motifs is 2. The smallest absolute Gasteiger partial charge is 0.156 e. The summed E-state index contributed by atoms with van der Waals surface area (Å²) in [5, 5.41) is 8.07. The Kier molecular flexibility index (Phi) is 6.29. The first-order valence-corrected chi connectivity index (χ1v) is 10.9. The van der Waals surface area contributed by atoms with E-state index in [1.807, 2.05) is 12.1 Å². The number of nitrogens with one attached hydrogen (secondary N) is 2. The lowest BCUT2D eigenvalue weighted by Gasteiger charge is -2.23. The zero-order valence-electron chi connectivity index (χ0n) is 17.7. The standard InChI is InChI=1S/C23H24BrFN6/c1-4-15(12-31(2)3)29-20-11-14(24)10-19-21(20)23(28-13-27-19)30-18-8-7-17-16(22(18)25)6-5-9-26-17/h5-11,13,15,29H,4,12H2,1-3H3,(H,27,28,30)/t15-/m1/s1. The Bertz CT molecular complexity index is 1230. The fourth-order valence-corrected chi connectivity index (χ4v) is 4.09. The molecule has 0 aliphatic heterocycles. The molecule has 2 aromatic heterocycles. The molecule has 2 aromatic carbocycles. The van der Waals surface area contributed by atoms with E-state index >= 15 is 4.39 Å². The zero-order chi connectivity index (χ0) is 22.0. The highest BCUT2D eigenvalue weighted by Crippen LogP contribution is 2.34. The Balaban J connectivity index is 1.79. The lowest BCUT2D eigenvalue weighted by Crippen LogP contribution is -2.31. The maximum atomic E-state index is 15.2. The number of hydrogen-bond acceptors (Lipinski definition) is 6. The van der Waals surface area contributed by atoms with Crippen molar-refractivity contribution in [2.75, 3.05) is 31.3 Å². The molecule has 0 spiro atoms. The van der Waals surface area contributed by atoms with E-state index < -0.39 is 0 Å². The molecule has 4 aromatic rings. The van der Waals surface area contributed by atoms with Gasteiger partial charge in [0.2, 0.25) is 0 Å². The van der Waals surface area contributed by atoms with Gasteiger partial charge in [0.25, 0.3) is 0 Å². The number of nitrogens with zero attached hydrogens (tertiary/aromatic N) is 4. The molecule has 0 fully saturated rings. The van der Waals surface area contributed by atoms with Crippen molar-refractivity contribution in [1.29, 1.82) is 0 Å². The van der Waals surface area contributed by atoms with Crippen LogP contribution in [0.15, 0.2) is 53.4 Å². The van der Waals surface area contributed by atoms with E-state index in [9.17, 15) is 0 Å². The minimum atomic E-state index is -0.358. The van der Waals surface area contributed by atoms with Crippen LogP contribution in [0.5, 0.6) is 0 Å². The molecule has 2 N–H and O–H groups in total.